The van der Waals surface area contributed by atoms with Gasteiger partial charge in [0.25, 0.3) is 0 Å². The van der Waals surface area contributed by atoms with Gasteiger partial charge in [-0.3, -0.25) is 9.59 Å². The number of rotatable bonds is 9. The van der Waals surface area contributed by atoms with Crippen LogP contribution in [-0.4, -0.2) is 40.4 Å². The molecule has 3 N–H and O–H groups in total. The lowest BCUT2D eigenvalue weighted by Crippen LogP contribution is -2.41. The summed E-state index contributed by atoms with van der Waals surface area (Å²) in [6, 6.07) is 6.01. The van der Waals surface area contributed by atoms with Crippen molar-refractivity contribution in [2.24, 2.45) is 0 Å². The van der Waals surface area contributed by atoms with Crippen molar-refractivity contribution in [3.63, 3.8) is 0 Å². The molecule has 0 heterocycles. The summed E-state index contributed by atoms with van der Waals surface area (Å²) in [5, 5.41) is 14.3. The molecule has 0 saturated heterocycles. The zero-order valence-corrected chi connectivity index (χ0v) is 14.1. The van der Waals surface area contributed by atoms with Gasteiger partial charge in [-0.2, -0.15) is 11.8 Å². The van der Waals surface area contributed by atoms with Crippen molar-refractivity contribution in [2.45, 2.75) is 32.7 Å². The first kappa shape index (κ1) is 19.0. The normalized spacial score (nSPS) is 11.6. The fourth-order valence-corrected chi connectivity index (χ4v) is 2.63. The summed E-state index contributed by atoms with van der Waals surface area (Å²) in [5.74, 6) is 0.104. The van der Waals surface area contributed by atoms with Gasteiger partial charge in [-0.25, -0.2) is 4.79 Å². The number of anilines is 1. The number of amides is 2. The van der Waals surface area contributed by atoms with E-state index in [4.69, 9.17) is 5.11 Å². The van der Waals surface area contributed by atoms with E-state index in [1.165, 1.54) is 6.92 Å². The van der Waals surface area contributed by atoms with Crippen LogP contribution in [0, 0.1) is 0 Å². The molecule has 6 nitrogen and oxygen atoms in total. The Bertz CT molecular complexity index is 546. The Balaban J connectivity index is 2.53. The van der Waals surface area contributed by atoms with Crippen molar-refractivity contribution in [2.75, 3.05) is 16.8 Å². The van der Waals surface area contributed by atoms with Gasteiger partial charge in [0.1, 0.15) is 6.04 Å². The highest BCUT2D eigenvalue weighted by Crippen LogP contribution is 2.10. The van der Waals surface area contributed by atoms with E-state index in [1.54, 1.807) is 36.0 Å². The Morgan fingerprint density at radius 3 is 2.39 bits per heavy atom. The third-order valence-corrected chi connectivity index (χ3v) is 3.96. The molecule has 0 aliphatic rings. The second kappa shape index (κ2) is 9.89. The second-order valence-corrected chi connectivity index (χ2v) is 6.39. The molecule has 7 heteroatoms. The third-order valence-electron chi connectivity index (χ3n) is 3.03. The highest BCUT2D eigenvalue weighted by molar-refractivity contribution is 7.99. The van der Waals surface area contributed by atoms with Crippen molar-refractivity contribution in [3.05, 3.63) is 29.8 Å². The number of aliphatic carboxylic acids is 1. The van der Waals surface area contributed by atoms with Gasteiger partial charge in [-0.15, -0.1) is 0 Å². The number of carboxylic acids is 1. The minimum atomic E-state index is -1.02. The van der Waals surface area contributed by atoms with Crippen LogP contribution in [0.25, 0.3) is 0 Å². The van der Waals surface area contributed by atoms with Gasteiger partial charge >= 0.3 is 5.97 Å². The van der Waals surface area contributed by atoms with Gasteiger partial charge < -0.3 is 15.7 Å². The minimum Gasteiger partial charge on any atom is -0.480 e. The van der Waals surface area contributed by atoms with Crippen LogP contribution in [0.1, 0.15) is 25.8 Å². The minimum absolute atomic E-state index is 0.102. The first-order chi connectivity index (χ1) is 10.9. The summed E-state index contributed by atoms with van der Waals surface area (Å²) in [4.78, 5) is 34.1. The molecule has 0 aliphatic carbocycles. The number of carboxylic acid groups (broad SMARTS) is 1. The molecule has 1 aromatic rings. The standard InChI is InChI=1S/C16H22N2O4S/c1-3-23-9-8-14(16(21)22)18-15(20)10-12-4-6-13(7-5-12)17-11(2)19/h4-7,14H,3,8-10H2,1-2H3,(H,17,19)(H,18,20)(H,21,22). The number of carbonyl (C=O) groups is 3. The van der Waals surface area contributed by atoms with E-state index in [0.29, 0.717) is 17.9 Å². The molecule has 126 valence electrons. The first-order valence-corrected chi connectivity index (χ1v) is 8.54. The van der Waals surface area contributed by atoms with Crippen LogP contribution in [0.2, 0.25) is 0 Å². The molecule has 0 fully saturated rings. The van der Waals surface area contributed by atoms with Crippen LogP contribution in [-0.2, 0) is 20.8 Å². The number of benzene rings is 1. The molecule has 0 spiro atoms. The van der Waals surface area contributed by atoms with E-state index in [1.807, 2.05) is 6.92 Å². The zero-order chi connectivity index (χ0) is 17.2. The fraction of sp³-hybridized carbons (Fsp3) is 0.438. The molecule has 1 atom stereocenters. The Kier molecular flexibility index (Phi) is 8.18. The molecule has 0 aliphatic heterocycles. The summed E-state index contributed by atoms with van der Waals surface area (Å²) in [7, 11) is 0. The Morgan fingerprint density at radius 1 is 1.22 bits per heavy atom. The number of hydrogen-bond acceptors (Lipinski definition) is 4. The van der Waals surface area contributed by atoms with Gasteiger partial charge in [0.2, 0.25) is 11.8 Å². The molecule has 2 amide bonds. The van der Waals surface area contributed by atoms with E-state index in [9.17, 15) is 14.4 Å². The molecule has 1 aromatic carbocycles. The van der Waals surface area contributed by atoms with Crippen molar-refractivity contribution in [1.29, 1.82) is 0 Å². The monoisotopic (exact) mass is 338 g/mol. The molecule has 0 saturated carbocycles. The van der Waals surface area contributed by atoms with Crippen molar-refractivity contribution in [3.8, 4) is 0 Å². The van der Waals surface area contributed by atoms with Gasteiger partial charge in [0.05, 0.1) is 6.42 Å². The highest BCUT2D eigenvalue weighted by atomic mass is 32.2. The number of thioether (sulfide) groups is 1. The first-order valence-electron chi connectivity index (χ1n) is 7.38. The van der Waals surface area contributed by atoms with Crippen molar-refractivity contribution < 1.29 is 19.5 Å². The van der Waals surface area contributed by atoms with Gasteiger partial charge in [0, 0.05) is 12.6 Å². The molecule has 23 heavy (non-hydrogen) atoms. The van der Waals surface area contributed by atoms with Gasteiger partial charge in [0.15, 0.2) is 0 Å². The Morgan fingerprint density at radius 2 is 1.87 bits per heavy atom. The Hall–Kier alpha value is -2.02. The van der Waals surface area contributed by atoms with Crippen LogP contribution in [0.5, 0.6) is 0 Å². The lowest BCUT2D eigenvalue weighted by Gasteiger charge is -2.14. The molecular formula is C16H22N2O4S. The maximum Gasteiger partial charge on any atom is 0.326 e. The quantitative estimate of drug-likeness (QED) is 0.598. The Labute approximate surface area is 140 Å². The average Bonchev–Trinajstić information content (AvgIpc) is 2.47. The molecule has 1 unspecified atom stereocenters. The number of hydrogen-bond donors (Lipinski definition) is 3. The van der Waals surface area contributed by atoms with Crippen LogP contribution in [0.4, 0.5) is 5.69 Å². The maximum atomic E-state index is 12.0. The summed E-state index contributed by atoms with van der Waals surface area (Å²) >= 11 is 1.64. The second-order valence-electron chi connectivity index (χ2n) is 5.00. The highest BCUT2D eigenvalue weighted by Gasteiger charge is 2.19. The smallest absolute Gasteiger partial charge is 0.326 e. The summed E-state index contributed by atoms with van der Waals surface area (Å²) in [6.45, 7) is 3.42. The van der Waals surface area contributed by atoms with E-state index in [0.717, 1.165) is 11.3 Å². The van der Waals surface area contributed by atoms with Crippen LogP contribution < -0.4 is 10.6 Å². The molecule has 1 rings (SSSR count). The van der Waals surface area contributed by atoms with Crippen LogP contribution >= 0.6 is 11.8 Å². The summed E-state index contributed by atoms with van der Waals surface area (Å²) < 4.78 is 0. The van der Waals surface area contributed by atoms with E-state index >= 15 is 0 Å². The summed E-state index contributed by atoms with van der Waals surface area (Å²) in [5.41, 5.74) is 1.41. The molecule has 0 aromatic heterocycles. The fourth-order valence-electron chi connectivity index (χ4n) is 1.94. The largest absolute Gasteiger partial charge is 0.480 e. The van der Waals surface area contributed by atoms with E-state index in [2.05, 4.69) is 10.6 Å². The maximum absolute atomic E-state index is 12.0. The van der Waals surface area contributed by atoms with Gasteiger partial charge in [-0.1, -0.05) is 19.1 Å². The van der Waals surface area contributed by atoms with E-state index in [-0.39, 0.29) is 18.2 Å². The topological polar surface area (TPSA) is 95.5 Å². The molecular weight excluding hydrogens is 316 g/mol. The lowest BCUT2D eigenvalue weighted by atomic mass is 10.1. The lowest BCUT2D eigenvalue weighted by molar-refractivity contribution is -0.141. The van der Waals surface area contributed by atoms with Crippen LogP contribution in [0.3, 0.4) is 0 Å². The number of nitrogens with one attached hydrogen (secondary N) is 2. The molecule has 0 bridgehead atoms. The average molecular weight is 338 g/mol. The van der Waals surface area contributed by atoms with Crippen molar-refractivity contribution in [1.82, 2.24) is 5.32 Å². The predicted molar refractivity (Wildman–Crippen MR) is 91.6 cm³/mol. The van der Waals surface area contributed by atoms with Crippen molar-refractivity contribution >= 4 is 35.2 Å². The van der Waals surface area contributed by atoms with E-state index < -0.39 is 12.0 Å². The van der Waals surface area contributed by atoms with Crippen LogP contribution in [0.15, 0.2) is 24.3 Å². The zero-order valence-electron chi connectivity index (χ0n) is 13.3. The number of carbonyl (C=O) groups excluding carboxylic acids is 2. The third kappa shape index (κ3) is 7.69. The van der Waals surface area contributed by atoms with Gasteiger partial charge in [-0.05, 0) is 35.6 Å². The molecule has 0 radical (unpaired) electrons. The SMILES string of the molecule is CCSCCC(NC(=O)Cc1ccc(NC(C)=O)cc1)C(=O)O. The summed E-state index contributed by atoms with van der Waals surface area (Å²) in [6.07, 6.45) is 0.506. The predicted octanol–water partition coefficient (Wildman–Crippen LogP) is 1.90.